The molecule has 0 saturated heterocycles. The van der Waals surface area contributed by atoms with Crippen molar-refractivity contribution in [1.29, 1.82) is 0 Å². The van der Waals surface area contributed by atoms with Gasteiger partial charge in [-0.3, -0.25) is 4.99 Å². The molecule has 0 aliphatic heterocycles. The van der Waals surface area contributed by atoms with Gasteiger partial charge in [0.25, 0.3) is 0 Å². The Kier molecular flexibility index (Phi) is 6.19. The number of hydrogen-bond donors (Lipinski definition) is 2. The number of methoxy groups -OCH3 is 1. The van der Waals surface area contributed by atoms with E-state index >= 15 is 0 Å². The van der Waals surface area contributed by atoms with Crippen molar-refractivity contribution in [3.8, 4) is 5.75 Å². The molecule has 0 heterocycles. The molecule has 0 unspecified atom stereocenters. The van der Waals surface area contributed by atoms with E-state index in [0.29, 0.717) is 5.92 Å². The normalized spacial score (nSPS) is 11.6. The zero-order valence-electron chi connectivity index (χ0n) is 12.6. The third-order valence-corrected chi connectivity index (χ3v) is 2.83. The van der Waals surface area contributed by atoms with E-state index in [2.05, 4.69) is 47.7 Å². The molecular weight excluding hydrogens is 238 g/mol. The molecule has 0 aliphatic carbocycles. The predicted molar refractivity (Wildman–Crippen MR) is 80.8 cm³/mol. The first kappa shape index (κ1) is 15.3. The van der Waals surface area contributed by atoms with Crippen molar-refractivity contribution >= 4 is 5.96 Å². The first-order valence-corrected chi connectivity index (χ1v) is 6.64. The minimum Gasteiger partial charge on any atom is -0.496 e. The molecule has 106 valence electrons. The Bertz CT molecular complexity index is 427. The smallest absolute Gasteiger partial charge is 0.191 e. The first-order chi connectivity index (χ1) is 9.06. The standard InChI is InChI=1S/C15H25N3O/c1-11(2)9-17-15(16-4)18-10-13-7-6-12(3)14(8-13)19-5/h6-8,11H,9-10H2,1-5H3,(H2,16,17,18). The van der Waals surface area contributed by atoms with Gasteiger partial charge in [0.2, 0.25) is 0 Å². The number of nitrogens with zero attached hydrogens (tertiary/aromatic N) is 1. The lowest BCUT2D eigenvalue weighted by Crippen LogP contribution is -2.38. The SMILES string of the molecule is CN=C(NCc1ccc(C)c(OC)c1)NCC(C)C. The Morgan fingerprint density at radius 3 is 2.63 bits per heavy atom. The van der Waals surface area contributed by atoms with E-state index in [1.165, 1.54) is 5.56 Å². The van der Waals surface area contributed by atoms with Crippen LogP contribution in [-0.2, 0) is 6.54 Å². The molecule has 1 rings (SSSR count). The van der Waals surface area contributed by atoms with Gasteiger partial charge in [-0.05, 0) is 30.0 Å². The first-order valence-electron chi connectivity index (χ1n) is 6.64. The number of rotatable bonds is 5. The maximum Gasteiger partial charge on any atom is 0.191 e. The fourth-order valence-corrected chi connectivity index (χ4v) is 1.68. The van der Waals surface area contributed by atoms with E-state index in [1.807, 2.05) is 6.92 Å². The second kappa shape index (κ2) is 7.67. The Hall–Kier alpha value is -1.71. The van der Waals surface area contributed by atoms with Crippen molar-refractivity contribution in [3.63, 3.8) is 0 Å². The molecule has 19 heavy (non-hydrogen) atoms. The zero-order valence-corrected chi connectivity index (χ0v) is 12.6. The zero-order chi connectivity index (χ0) is 14.3. The number of benzene rings is 1. The van der Waals surface area contributed by atoms with E-state index < -0.39 is 0 Å². The van der Waals surface area contributed by atoms with Gasteiger partial charge >= 0.3 is 0 Å². The van der Waals surface area contributed by atoms with Crippen LogP contribution < -0.4 is 15.4 Å². The fourth-order valence-electron chi connectivity index (χ4n) is 1.68. The van der Waals surface area contributed by atoms with Gasteiger partial charge in [-0.2, -0.15) is 0 Å². The molecule has 0 spiro atoms. The number of ether oxygens (including phenoxy) is 1. The molecule has 0 saturated carbocycles. The molecule has 0 atom stereocenters. The molecule has 0 radical (unpaired) electrons. The van der Waals surface area contributed by atoms with Crippen LogP contribution in [-0.4, -0.2) is 26.7 Å². The highest BCUT2D eigenvalue weighted by molar-refractivity contribution is 5.79. The Labute approximate surface area is 116 Å². The van der Waals surface area contributed by atoms with Crippen LogP contribution in [0.5, 0.6) is 5.75 Å². The number of nitrogens with one attached hydrogen (secondary N) is 2. The highest BCUT2D eigenvalue weighted by Gasteiger charge is 2.02. The van der Waals surface area contributed by atoms with Gasteiger partial charge in [-0.25, -0.2) is 0 Å². The summed E-state index contributed by atoms with van der Waals surface area (Å²) >= 11 is 0. The van der Waals surface area contributed by atoms with E-state index in [1.54, 1.807) is 14.2 Å². The summed E-state index contributed by atoms with van der Waals surface area (Å²) in [6.45, 7) is 8.03. The molecule has 0 aromatic heterocycles. The molecule has 0 fully saturated rings. The van der Waals surface area contributed by atoms with Crippen LogP contribution in [0.15, 0.2) is 23.2 Å². The molecular formula is C15H25N3O. The van der Waals surface area contributed by atoms with Crippen molar-refractivity contribution in [3.05, 3.63) is 29.3 Å². The topological polar surface area (TPSA) is 45.7 Å². The van der Waals surface area contributed by atoms with E-state index in [-0.39, 0.29) is 0 Å². The van der Waals surface area contributed by atoms with Gasteiger partial charge in [-0.1, -0.05) is 26.0 Å². The van der Waals surface area contributed by atoms with Crippen LogP contribution in [0.25, 0.3) is 0 Å². The van der Waals surface area contributed by atoms with Crippen LogP contribution in [0.2, 0.25) is 0 Å². The van der Waals surface area contributed by atoms with Crippen LogP contribution in [0.3, 0.4) is 0 Å². The summed E-state index contributed by atoms with van der Waals surface area (Å²) in [5.41, 5.74) is 2.32. The van der Waals surface area contributed by atoms with Crippen molar-refractivity contribution in [2.75, 3.05) is 20.7 Å². The number of hydrogen-bond acceptors (Lipinski definition) is 2. The summed E-state index contributed by atoms with van der Waals surface area (Å²) in [5, 5.41) is 6.58. The maximum absolute atomic E-state index is 5.32. The molecule has 0 bridgehead atoms. The summed E-state index contributed by atoms with van der Waals surface area (Å²) in [5.74, 6) is 2.34. The van der Waals surface area contributed by atoms with Gasteiger partial charge in [0.1, 0.15) is 5.75 Å². The second-order valence-electron chi connectivity index (χ2n) is 5.00. The molecule has 4 heteroatoms. The largest absolute Gasteiger partial charge is 0.496 e. The summed E-state index contributed by atoms with van der Waals surface area (Å²) in [6, 6.07) is 6.22. The Morgan fingerprint density at radius 1 is 1.32 bits per heavy atom. The van der Waals surface area contributed by atoms with Gasteiger partial charge in [0, 0.05) is 20.1 Å². The van der Waals surface area contributed by atoms with Gasteiger partial charge in [0.05, 0.1) is 7.11 Å². The van der Waals surface area contributed by atoms with Crippen LogP contribution in [0, 0.1) is 12.8 Å². The van der Waals surface area contributed by atoms with E-state index in [0.717, 1.165) is 30.4 Å². The van der Waals surface area contributed by atoms with Crippen molar-refractivity contribution in [2.45, 2.75) is 27.3 Å². The lowest BCUT2D eigenvalue weighted by molar-refractivity contribution is 0.411. The average molecular weight is 263 g/mol. The third kappa shape index (κ3) is 5.20. The summed E-state index contributed by atoms with van der Waals surface area (Å²) < 4.78 is 5.32. The van der Waals surface area contributed by atoms with Crippen LogP contribution in [0.4, 0.5) is 0 Å². The summed E-state index contributed by atoms with van der Waals surface area (Å²) in [4.78, 5) is 4.20. The average Bonchev–Trinajstić information content (AvgIpc) is 2.40. The maximum atomic E-state index is 5.32. The lowest BCUT2D eigenvalue weighted by Gasteiger charge is -2.14. The molecule has 1 aromatic carbocycles. The lowest BCUT2D eigenvalue weighted by atomic mass is 10.1. The second-order valence-corrected chi connectivity index (χ2v) is 5.00. The Morgan fingerprint density at radius 2 is 2.05 bits per heavy atom. The fraction of sp³-hybridized carbons (Fsp3) is 0.533. The summed E-state index contributed by atoms with van der Waals surface area (Å²) in [7, 11) is 3.48. The minimum absolute atomic E-state index is 0.595. The van der Waals surface area contributed by atoms with E-state index in [4.69, 9.17) is 4.74 Å². The molecule has 0 aliphatic rings. The van der Waals surface area contributed by atoms with Crippen LogP contribution >= 0.6 is 0 Å². The summed E-state index contributed by atoms with van der Waals surface area (Å²) in [6.07, 6.45) is 0. The highest BCUT2D eigenvalue weighted by Crippen LogP contribution is 2.18. The quantitative estimate of drug-likeness (QED) is 0.633. The molecule has 2 N–H and O–H groups in total. The van der Waals surface area contributed by atoms with Gasteiger partial charge < -0.3 is 15.4 Å². The number of aliphatic imine (C=N–C) groups is 1. The predicted octanol–water partition coefficient (Wildman–Crippen LogP) is 2.32. The highest BCUT2D eigenvalue weighted by atomic mass is 16.5. The van der Waals surface area contributed by atoms with Crippen LogP contribution in [0.1, 0.15) is 25.0 Å². The molecule has 1 aromatic rings. The van der Waals surface area contributed by atoms with Gasteiger partial charge in [0.15, 0.2) is 5.96 Å². The van der Waals surface area contributed by atoms with Crippen molar-refractivity contribution < 1.29 is 4.74 Å². The van der Waals surface area contributed by atoms with Crippen molar-refractivity contribution in [2.24, 2.45) is 10.9 Å². The third-order valence-electron chi connectivity index (χ3n) is 2.83. The molecule has 4 nitrogen and oxygen atoms in total. The monoisotopic (exact) mass is 263 g/mol. The minimum atomic E-state index is 0.595. The Balaban J connectivity index is 2.55. The van der Waals surface area contributed by atoms with E-state index in [9.17, 15) is 0 Å². The van der Waals surface area contributed by atoms with Crippen molar-refractivity contribution in [1.82, 2.24) is 10.6 Å². The van der Waals surface area contributed by atoms with Gasteiger partial charge in [-0.15, -0.1) is 0 Å². The molecule has 0 amide bonds. The number of guanidine groups is 1. The number of aryl methyl sites for hydroxylation is 1.